The number of nitrogens with one attached hydrogen (secondary N) is 1. The molecule has 0 bridgehead atoms. The molecule has 0 atom stereocenters. The molecule has 2 N–H and O–H groups in total. The molecule has 72 valence electrons. The quantitative estimate of drug-likeness (QED) is 0.549. The summed E-state index contributed by atoms with van der Waals surface area (Å²) in [6.07, 6.45) is 0. The molecule has 3 nitrogen and oxygen atoms in total. The SMILES string of the molecule is CCONCc1cccc(C)c1O. The van der Waals surface area contributed by atoms with Gasteiger partial charge >= 0.3 is 0 Å². The highest BCUT2D eigenvalue weighted by atomic mass is 16.6. The maximum Gasteiger partial charge on any atom is 0.123 e. The van der Waals surface area contributed by atoms with Crippen LogP contribution in [0.15, 0.2) is 18.2 Å². The van der Waals surface area contributed by atoms with Crippen LogP contribution < -0.4 is 5.48 Å². The fraction of sp³-hybridized carbons (Fsp3) is 0.400. The molecule has 0 unspecified atom stereocenters. The Morgan fingerprint density at radius 1 is 1.46 bits per heavy atom. The van der Waals surface area contributed by atoms with Crippen LogP contribution >= 0.6 is 0 Å². The fourth-order valence-corrected chi connectivity index (χ4v) is 1.09. The number of hydrogen-bond acceptors (Lipinski definition) is 3. The summed E-state index contributed by atoms with van der Waals surface area (Å²) in [7, 11) is 0. The van der Waals surface area contributed by atoms with E-state index in [4.69, 9.17) is 4.84 Å². The molecular formula is C10H15NO2. The molecule has 0 aliphatic carbocycles. The minimum atomic E-state index is 0.342. The lowest BCUT2D eigenvalue weighted by Gasteiger charge is -2.07. The lowest BCUT2D eigenvalue weighted by atomic mass is 10.1. The molecule has 0 radical (unpaired) electrons. The first kappa shape index (κ1) is 10.0. The Morgan fingerprint density at radius 3 is 2.92 bits per heavy atom. The molecular weight excluding hydrogens is 166 g/mol. The smallest absolute Gasteiger partial charge is 0.123 e. The van der Waals surface area contributed by atoms with E-state index in [1.54, 1.807) is 0 Å². The van der Waals surface area contributed by atoms with Crippen molar-refractivity contribution in [3.8, 4) is 5.75 Å². The first-order chi connectivity index (χ1) is 6.25. The Balaban J connectivity index is 2.61. The third kappa shape index (κ3) is 2.72. The van der Waals surface area contributed by atoms with E-state index < -0.39 is 0 Å². The normalized spacial score (nSPS) is 10.3. The second kappa shape index (κ2) is 4.84. The minimum Gasteiger partial charge on any atom is -0.507 e. The average Bonchev–Trinajstić information content (AvgIpc) is 2.13. The Kier molecular flexibility index (Phi) is 3.73. The predicted molar refractivity (Wildman–Crippen MR) is 51.3 cm³/mol. The molecule has 1 aromatic carbocycles. The summed E-state index contributed by atoms with van der Waals surface area (Å²) < 4.78 is 0. The summed E-state index contributed by atoms with van der Waals surface area (Å²) in [4.78, 5) is 4.97. The largest absolute Gasteiger partial charge is 0.507 e. The van der Waals surface area contributed by atoms with E-state index in [-0.39, 0.29) is 0 Å². The first-order valence-corrected chi connectivity index (χ1v) is 4.37. The molecule has 0 saturated heterocycles. The zero-order chi connectivity index (χ0) is 9.68. The zero-order valence-corrected chi connectivity index (χ0v) is 8.00. The summed E-state index contributed by atoms with van der Waals surface area (Å²) in [5.74, 6) is 0.342. The zero-order valence-electron chi connectivity index (χ0n) is 8.00. The second-order valence-electron chi connectivity index (χ2n) is 2.84. The molecule has 0 fully saturated rings. The first-order valence-electron chi connectivity index (χ1n) is 4.37. The van der Waals surface area contributed by atoms with Crippen molar-refractivity contribution in [1.29, 1.82) is 0 Å². The van der Waals surface area contributed by atoms with Gasteiger partial charge in [0.25, 0.3) is 0 Å². The number of phenols is 1. The molecule has 0 heterocycles. The van der Waals surface area contributed by atoms with Gasteiger partial charge in [-0.3, -0.25) is 0 Å². The van der Waals surface area contributed by atoms with Crippen LogP contribution in [-0.4, -0.2) is 11.7 Å². The van der Waals surface area contributed by atoms with Crippen LogP contribution in [0.4, 0.5) is 0 Å². The van der Waals surface area contributed by atoms with Crippen LogP contribution in [0.2, 0.25) is 0 Å². The highest BCUT2D eigenvalue weighted by Crippen LogP contribution is 2.20. The Labute approximate surface area is 78.3 Å². The highest BCUT2D eigenvalue weighted by molar-refractivity contribution is 5.39. The number of aromatic hydroxyl groups is 1. The topological polar surface area (TPSA) is 41.5 Å². The molecule has 1 rings (SSSR count). The predicted octanol–water partition coefficient (Wildman–Crippen LogP) is 1.74. The van der Waals surface area contributed by atoms with Crippen molar-refractivity contribution >= 4 is 0 Å². The van der Waals surface area contributed by atoms with E-state index in [0.717, 1.165) is 11.1 Å². The van der Waals surface area contributed by atoms with E-state index in [9.17, 15) is 5.11 Å². The van der Waals surface area contributed by atoms with Crippen LogP contribution in [0, 0.1) is 6.92 Å². The van der Waals surface area contributed by atoms with Gasteiger partial charge in [-0.15, -0.1) is 0 Å². The van der Waals surface area contributed by atoms with Crippen molar-refractivity contribution in [2.45, 2.75) is 20.4 Å². The maximum atomic E-state index is 9.60. The summed E-state index contributed by atoms with van der Waals surface area (Å²) in [5.41, 5.74) is 4.50. The molecule has 0 aliphatic rings. The standard InChI is InChI=1S/C10H15NO2/c1-3-13-11-7-9-6-4-5-8(2)10(9)12/h4-6,11-12H,3,7H2,1-2H3. The van der Waals surface area contributed by atoms with Gasteiger partial charge in [-0.25, -0.2) is 0 Å². The van der Waals surface area contributed by atoms with Gasteiger partial charge < -0.3 is 9.94 Å². The molecule has 0 spiro atoms. The van der Waals surface area contributed by atoms with Crippen molar-refractivity contribution < 1.29 is 9.94 Å². The lowest BCUT2D eigenvalue weighted by Crippen LogP contribution is -2.13. The van der Waals surface area contributed by atoms with E-state index in [1.165, 1.54) is 0 Å². The van der Waals surface area contributed by atoms with Crippen LogP contribution in [0.5, 0.6) is 5.75 Å². The molecule has 0 saturated carbocycles. The van der Waals surface area contributed by atoms with Gasteiger partial charge in [-0.2, -0.15) is 5.48 Å². The number of hydrogen-bond donors (Lipinski definition) is 2. The minimum absolute atomic E-state index is 0.342. The summed E-state index contributed by atoms with van der Waals surface area (Å²) in [5, 5.41) is 9.60. The number of phenolic OH excluding ortho intramolecular Hbond substituents is 1. The van der Waals surface area contributed by atoms with E-state index in [1.807, 2.05) is 32.0 Å². The van der Waals surface area contributed by atoms with Crippen LogP contribution in [-0.2, 0) is 11.4 Å². The highest BCUT2D eigenvalue weighted by Gasteiger charge is 2.01. The number of para-hydroxylation sites is 1. The average molecular weight is 181 g/mol. The lowest BCUT2D eigenvalue weighted by molar-refractivity contribution is 0.0459. The van der Waals surface area contributed by atoms with Gasteiger partial charge in [0, 0.05) is 12.1 Å². The van der Waals surface area contributed by atoms with Gasteiger partial charge in [-0.05, 0) is 19.4 Å². The van der Waals surface area contributed by atoms with Crippen molar-refractivity contribution in [2.75, 3.05) is 6.61 Å². The molecule has 0 amide bonds. The van der Waals surface area contributed by atoms with Gasteiger partial charge in [0.1, 0.15) is 5.75 Å². The van der Waals surface area contributed by atoms with Crippen LogP contribution in [0.1, 0.15) is 18.1 Å². The molecule has 13 heavy (non-hydrogen) atoms. The molecule has 1 aromatic rings. The Hall–Kier alpha value is -1.06. The number of benzene rings is 1. The van der Waals surface area contributed by atoms with E-state index in [2.05, 4.69) is 5.48 Å². The molecule has 3 heteroatoms. The Morgan fingerprint density at radius 2 is 2.23 bits per heavy atom. The van der Waals surface area contributed by atoms with E-state index >= 15 is 0 Å². The summed E-state index contributed by atoms with van der Waals surface area (Å²) in [6.45, 7) is 4.93. The van der Waals surface area contributed by atoms with Gasteiger partial charge in [0.15, 0.2) is 0 Å². The number of aryl methyl sites for hydroxylation is 1. The second-order valence-corrected chi connectivity index (χ2v) is 2.84. The summed E-state index contributed by atoms with van der Waals surface area (Å²) >= 11 is 0. The molecule has 0 aromatic heterocycles. The summed E-state index contributed by atoms with van der Waals surface area (Å²) in [6, 6.07) is 5.66. The van der Waals surface area contributed by atoms with Crippen molar-refractivity contribution in [2.24, 2.45) is 0 Å². The third-order valence-electron chi connectivity index (χ3n) is 1.83. The van der Waals surface area contributed by atoms with Gasteiger partial charge in [0.2, 0.25) is 0 Å². The number of hydroxylamine groups is 1. The number of rotatable bonds is 4. The van der Waals surface area contributed by atoms with E-state index in [0.29, 0.717) is 18.9 Å². The van der Waals surface area contributed by atoms with Crippen molar-refractivity contribution in [3.63, 3.8) is 0 Å². The van der Waals surface area contributed by atoms with Gasteiger partial charge in [0.05, 0.1) is 6.61 Å². The Bertz CT molecular complexity index is 274. The van der Waals surface area contributed by atoms with Crippen LogP contribution in [0.25, 0.3) is 0 Å². The van der Waals surface area contributed by atoms with Crippen molar-refractivity contribution in [1.82, 2.24) is 5.48 Å². The van der Waals surface area contributed by atoms with Crippen LogP contribution in [0.3, 0.4) is 0 Å². The fourth-order valence-electron chi connectivity index (χ4n) is 1.09. The maximum absolute atomic E-state index is 9.60. The van der Waals surface area contributed by atoms with Gasteiger partial charge in [-0.1, -0.05) is 18.2 Å². The third-order valence-corrected chi connectivity index (χ3v) is 1.83. The monoisotopic (exact) mass is 181 g/mol. The molecule has 0 aliphatic heterocycles. The van der Waals surface area contributed by atoms with Crippen molar-refractivity contribution in [3.05, 3.63) is 29.3 Å².